The van der Waals surface area contributed by atoms with Crippen molar-refractivity contribution in [3.8, 4) is 5.75 Å². The predicted molar refractivity (Wildman–Crippen MR) is 116 cm³/mol. The Morgan fingerprint density at radius 1 is 0.793 bits per heavy atom. The predicted octanol–water partition coefficient (Wildman–Crippen LogP) is 4.27. The highest BCUT2D eigenvalue weighted by molar-refractivity contribution is 6.09. The lowest BCUT2D eigenvalue weighted by Gasteiger charge is -2.13. The highest BCUT2D eigenvalue weighted by atomic mass is 16.5. The van der Waals surface area contributed by atoms with E-state index in [1.165, 1.54) is 0 Å². The van der Waals surface area contributed by atoms with Gasteiger partial charge >= 0.3 is 0 Å². The van der Waals surface area contributed by atoms with E-state index in [9.17, 15) is 9.59 Å². The molecular formula is C23H23N3O3. The highest BCUT2D eigenvalue weighted by Crippen LogP contribution is 2.24. The second kappa shape index (κ2) is 8.93. The van der Waals surface area contributed by atoms with Crippen LogP contribution in [0.1, 0.15) is 20.7 Å². The topological polar surface area (TPSA) is 70.7 Å². The number of nitrogens with one attached hydrogen (secondary N) is 2. The van der Waals surface area contributed by atoms with Crippen LogP contribution in [-0.2, 0) is 0 Å². The summed E-state index contributed by atoms with van der Waals surface area (Å²) in [5, 5.41) is 5.66. The van der Waals surface area contributed by atoms with E-state index in [-0.39, 0.29) is 11.8 Å². The Morgan fingerprint density at radius 2 is 1.41 bits per heavy atom. The van der Waals surface area contributed by atoms with Gasteiger partial charge in [0.25, 0.3) is 11.8 Å². The van der Waals surface area contributed by atoms with Crippen LogP contribution in [0.3, 0.4) is 0 Å². The van der Waals surface area contributed by atoms with Crippen molar-refractivity contribution in [2.45, 2.75) is 0 Å². The van der Waals surface area contributed by atoms with Crippen LogP contribution in [0.5, 0.6) is 5.75 Å². The number of amides is 2. The summed E-state index contributed by atoms with van der Waals surface area (Å²) in [4.78, 5) is 27.2. The zero-order valence-corrected chi connectivity index (χ0v) is 16.6. The molecule has 0 saturated heterocycles. The van der Waals surface area contributed by atoms with Gasteiger partial charge in [0.05, 0.1) is 12.8 Å². The third-order valence-electron chi connectivity index (χ3n) is 4.38. The molecule has 0 fully saturated rings. The Labute approximate surface area is 170 Å². The molecule has 2 N–H and O–H groups in total. The molecule has 0 saturated carbocycles. The lowest BCUT2D eigenvalue weighted by atomic mass is 10.1. The number of hydrogen-bond acceptors (Lipinski definition) is 4. The van der Waals surface area contributed by atoms with Crippen molar-refractivity contribution in [1.29, 1.82) is 0 Å². The smallest absolute Gasteiger partial charge is 0.255 e. The largest absolute Gasteiger partial charge is 0.495 e. The Morgan fingerprint density at radius 3 is 2.03 bits per heavy atom. The fourth-order valence-electron chi connectivity index (χ4n) is 2.79. The maximum absolute atomic E-state index is 12.6. The zero-order valence-electron chi connectivity index (χ0n) is 16.6. The molecule has 148 valence electrons. The summed E-state index contributed by atoms with van der Waals surface area (Å²) in [5.74, 6) is -0.0371. The van der Waals surface area contributed by atoms with Gasteiger partial charge in [0, 0.05) is 36.6 Å². The van der Waals surface area contributed by atoms with Gasteiger partial charge in [-0.05, 0) is 54.6 Å². The number of benzene rings is 3. The van der Waals surface area contributed by atoms with Crippen LogP contribution in [0.15, 0.2) is 72.8 Å². The normalized spacial score (nSPS) is 10.2. The molecule has 0 unspecified atom stereocenters. The zero-order chi connectivity index (χ0) is 20.8. The average Bonchev–Trinajstić information content (AvgIpc) is 2.74. The number of methoxy groups -OCH3 is 1. The van der Waals surface area contributed by atoms with Gasteiger partial charge in [-0.3, -0.25) is 9.59 Å². The van der Waals surface area contributed by atoms with E-state index in [1.54, 1.807) is 43.5 Å². The first-order valence-electron chi connectivity index (χ1n) is 9.11. The number of nitrogens with zero attached hydrogens (tertiary/aromatic N) is 1. The first kappa shape index (κ1) is 19.9. The number of ether oxygens (including phenoxy) is 1. The maximum atomic E-state index is 12.6. The molecule has 0 atom stereocenters. The summed E-state index contributed by atoms with van der Waals surface area (Å²) in [6, 6.07) is 21.3. The molecule has 6 nitrogen and oxygen atoms in total. The third-order valence-corrected chi connectivity index (χ3v) is 4.38. The highest BCUT2D eigenvalue weighted by Gasteiger charge is 2.13. The summed E-state index contributed by atoms with van der Waals surface area (Å²) in [5.41, 5.74) is 3.07. The SMILES string of the molecule is COc1ccccc1NC(=O)c1cccc(C(=O)Nc2ccc(N(C)C)cc2)c1. The van der Waals surface area contributed by atoms with Crippen LogP contribution in [0.2, 0.25) is 0 Å². The number of anilines is 3. The fourth-order valence-corrected chi connectivity index (χ4v) is 2.79. The Kier molecular flexibility index (Phi) is 6.14. The van der Waals surface area contributed by atoms with Crippen LogP contribution in [-0.4, -0.2) is 33.0 Å². The lowest BCUT2D eigenvalue weighted by molar-refractivity contribution is 0.102. The summed E-state index contributed by atoms with van der Waals surface area (Å²) >= 11 is 0. The average molecular weight is 389 g/mol. The summed E-state index contributed by atoms with van der Waals surface area (Å²) in [7, 11) is 5.45. The molecule has 3 rings (SSSR count). The lowest BCUT2D eigenvalue weighted by Crippen LogP contribution is -2.16. The second-order valence-electron chi connectivity index (χ2n) is 6.63. The molecule has 0 spiro atoms. The van der Waals surface area contributed by atoms with E-state index in [2.05, 4.69) is 10.6 Å². The minimum atomic E-state index is -0.320. The van der Waals surface area contributed by atoms with Crippen molar-refractivity contribution in [1.82, 2.24) is 0 Å². The van der Waals surface area contributed by atoms with Gasteiger partial charge in [-0.25, -0.2) is 0 Å². The van der Waals surface area contributed by atoms with Crippen molar-refractivity contribution in [3.63, 3.8) is 0 Å². The Bertz CT molecular complexity index is 1010. The molecule has 0 aliphatic heterocycles. The van der Waals surface area contributed by atoms with Crippen LogP contribution in [0, 0.1) is 0 Å². The molecule has 0 heterocycles. The first-order valence-corrected chi connectivity index (χ1v) is 9.11. The van der Waals surface area contributed by atoms with Gasteiger partial charge in [0.1, 0.15) is 5.75 Å². The quantitative estimate of drug-likeness (QED) is 0.661. The number of carbonyl (C=O) groups is 2. The van der Waals surface area contributed by atoms with E-state index < -0.39 is 0 Å². The standard InChI is InChI=1S/C23H23N3O3/c1-26(2)19-13-11-18(12-14-19)24-22(27)16-7-6-8-17(15-16)23(28)25-20-9-4-5-10-21(20)29-3/h4-15H,1-3H3,(H,24,27)(H,25,28). The molecule has 3 aromatic rings. The van der Waals surface area contributed by atoms with Crippen LogP contribution < -0.4 is 20.3 Å². The van der Waals surface area contributed by atoms with Crippen molar-refractivity contribution < 1.29 is 14.3 Å². The van der Waals surface area contributed by atoms with Crippen molar-refractivity contribution in [3.05, 3.63) is 83.9 Å². The molecule has 29 heavy (non-hydrogen) atoms. The van der Waals surface area contributed by atoms with Gasteiger partial charge in [-0.1, -0.05) is 18.2 Å². The van der Waals surface area contributed by atoms with Crippen LogP contribution in [0.25, 0.3) is 0 Å². The van der Waals surface area contributed by atoms with Gasteiger partial charge in [0.15, 0.2) is 0 Å². The molecule has 0 aromatic heterocycles. The van der Waals surface area contributed by atoms with E-state index >= 15 is 0 Å². The van der Waals surface area contributed by atoms with Gasteiger partial charge in [-0.2, -0.15) is 0 Å². The van der Waals surface area contributed by atoms with E-state index in [0.29, 0.717) is 28.3 Å². The maximum Gasteiger partial charge on any atom is 0.255 e. The third kappa shape index (κ3) is 4.93. The molecular weight excluding hydrogens is 366 g/mol. The Balaban J connectivity index is 1.72. The molecule has 6 heteroatoms. The van der Waals surface area contributed by atoms with Crippen LogP contribution >= 0.6 is 0 Å². The van der Waals surface area contributed by atoms with E-state index in [0.717, 1.165) is 5.69 Å². The summed E-state index contributed by atoms with van der Waals surface area (Å²) in [6.45, 7) is 0. The second-order valence-corrected chi connectivity index (χ2v) is 6.63. The molecule has 2 amide bonds. The van der Waals surface area contributed by atoms with Crippen molar-refractivity contribution >= 4 is 28.9 Å². The van der Waals surface area contributed by atoms with Gasteiger partial charge < -0.3 is 20.3 Å². The number of carbonyl (C=O) groups excluding carboxylic acids is 2. The molecule has 0 aliphatic carbocycles. The minimum Gasteiger partial charge on any atom is -0.495 e. The van der Waals surface area contributed by atoms with E-state index in [4.69, 9.17) is 4.74 Å². The van der Waals surface area contributed by atoms with Crippen LogP contribution in [0.4, 0.5) is 17.1 Å². The van der Waals surface area contributed by atoms with Gasteiger partial charge in [0.2, 0.25) is 0 Å². The number of para-hydroxylation sites is 2. The molecule has 0 radical (unpaired) electrons. The van der Waals surface area contributed by atoms with Gasteiger partial charge in [-0.15, -0.1) is 0 Å². The fraction of sp³-hybridized carbons (Fsp3) is 0.130. The summed E-state index contributed by atoms with van der Waals surface area (Å²) < 4.78 is 5.25. The number of rotatable bonds is 6. The first-order chi connectivity index (χ1) is 14.0. The summed E-state index contributed by atoms with van der Waals surface area (Å²) in [6.07, 6.45) is 0. The molecule has 0 aliphatic rings. The number of hydrogen-bond donors (Lipinski definition) is 2. The monoisotopic (exact) mass is 389 g/mol. The molecule has 0 bridgehead atoms. The molecule has 3 aromatic carbocycles. The Hall–Kier alpha value is -3.80. The van der Waals surface area contributed by atoms with Crippen molar-refractivity contribution in [2.75, 3.05) is 36.7 Å². The van der Waals surface area contributed by atoms with Crippen molar-refractivity contribution in [2.24, 2.45) is 0 Å². The minimum absolute atomic E-state index is 0.283. The van der Waals surface area contributed by atoms with E-state index in [1.807, 2.05) is 55.4 Å².